The van der Waals surface area contributed by atoms with Gasteiger partial charge in [-0.1, -0.05) is 35.3 Å². The maximum Gasteiger partial charge on any atom is 0.422 e. The summed E-state index contributed by atoms with van der Waals surface area (Å²) in [6, 6.07) is 4.08. The van der Waals surface area contributed by atoms with E-state index < -0.39 is 28.3 Å². The molecule has 0 bridgehead atoms. The monoisotopic (exact) mass is 377 g/mol. The van der Waals surface area contributed by atoms with Crippen LogP contribution >= 0.6 is 23.2 Å². The van der Waals surface area contributed by atoms with Gasteiger partial charge in [0.2, 0.25) is 10.0 Å². The van der Waals surface area contributed by atoms with Gasteiger partial charge in [-0.15, -0.1) is 0 Å². The normalized spacial score (nSPS) is 16.0. The molecule has 1 unspecified atom stereocenters. The van der Waals surface area contributed by atoms with Crippen molar-refractivity contribution in [2.24, 2.45) is 0 Å². The van der Waals surface area contributed by atoms with Gasteiger partial charge in [0.1, 0.15) is 0 Å². The molecule has 1 atom stereocenters. The maximum absolute atomic E-state index is 12.9. The average molecular weight is 378 g/mol. The standard InChI is InChI=1S/C12H12Cl2F3NO3S/c1-22(20,21)18-7-11(19,12(15,16)17)5-4-8-2-3-9(13)10(14)6-8/h2-6,18-19H,7H2,1H3/b5-4+. The van der Waals surface area contributed by atoms with Gasteiger partial charge in [0.25, 0.3) is 0 Å². The average Bonchev–Trinajstić information content (AvgIpc) is 2.35. The molecule has 1 aromatic rings. The van der Waals surface area contributed by atoms with E-state index in [1.807, 2.05) is 0 Å². The van der Waals surface area contributed by atoms with Crippen molar-refractivity contribution >= 4 is 39.3 Å². The highest BCUT2D eigenvalue weighted by Crippen LogP contribution is 2.32. The molecule has 1 rings (SSSR count). The van der Waals surface area contributed by atoms with Crippen LogP contribution in [0.2, 0.25) is 10.0 Å². The van der Waals surface area contributed by atoms with Crippen LogP contribution in [-0.4, -0.2) is 38.1 Å². The Morgan fingerprint density at radius 3 is 2.32 bits per heavy atom. The summed E-state index contributed by atoms with van der Waals surface area (Å²) < 4.78 is 62.3. The zero-order valence-corrected chi connectivity index (χ0v) is 13.5. The fraction of sp³-hybridized carbons (Fsp3) is 0.333. The van der Waals surface area contributed by atoms with Crippen LogP contribution in [0.5, 0.6) is 0 Å². The Hall–Kier alpha value is -0.800. The van der Waals surface area contributed by atoms with Gasteiger partial charge < -0.3 is 5.11 Å². The first-order valence-electron chi connectivity index (χ1n) is 5.72. The fourth-order valence-corrected chi connectivity index (χ4v) is 2.13. The quantitative estimate of drug-likeness (QED) is 0.828. The number of halogens is 5. The summed E-state index contributed by atoms with van der Waals surface area (Å²) in [5.74, 6) is 0. The predicted molar refractivity (Wildman–Crippen MR) is 79.3 cm³/mol. The largest absolute Gasteiger partial charge is 0.422 e. The fourth-order valence-electron chi connectivity index (χ4n) is 1.34. The molecule has 4 nitrogen and oxygen atoms in total. The zero-order chi connectivity index (χ0) is 17.2. The van der Waals surface area contributed by atoms with E-state index in [0.29, 0.717) is 12.3 Å². The van der Waals surface area contributed by atoms with Crippen molar-refractivity contribution in [1.29, 1.82) is 0 Å². The highest BCUT2D eigenvalue weighted by molar-refractivity contribution is 7.88. The third kappa shape index (κ3) is 5.44. The first-order valence-corrected chi connectivity index (χ1v) is 8.37. The Morgan fingerprint density at radius 1 is 1.27 bits per heavy atom. The van der Waals surface area contributed by atoms with Crippen LogP contribution in [0.3, 0.4) is 0 Å². The highest BCUT2D eigenvalue weighted by atomic mass is 35.5. The van der Waals surface area contributed by atoms with E-state index in [0.717, 1.165) is 6.08 Å². The SMILES string of the molecule is CS(=O)(=O)NCC(O)(/C=C/c1ccc(Cl)c(Cl)c1)C(F)(F)F. The van der Waals surface area contributed by atoms with Crippen molar-refractivity contribution in [3.05, 3.63) is 39.9 Å². The topological polar surface area (TPSA) is 66.4 Å². The summed E-state index contributed by atoms with van der Waals surface area (Å²) >= 11 is 11.4. The molecule has 1 aromatic carbocycles. The van der Waals surface area contributed by atoms with Crippen molar-refractivity contribution in [2.75, 3.05) is 12.8 Å². The number of hydrogen-bond donors (Lipinski definition) is 2. The molecule has 0 radical (unpaired) electrons. The van der Waals surface area contributed by atoms with Gasteiger partial charge in [0, 0.05) is 0 Å². The Bertz CT molecular complexity index is 677. The lowest BCUT2D eigenvalue weighted by Crippen LogP contribution is -2.51. The van der Waals surface area contributed by atoms with Gasteiger partial charge in [-0.25, -0.2) is 13.1 Å². The summed E-state index contributed by atoms with van der Waals surface area (Å²) in [5, 5.41) is 10.1. The summed E-state index contributed by atoms with van der Waals surface area (Å²) in [6.45, 7) is -1.24. The van der Waals surface area contributed by atoms with E-state index in [1.165, 1.54) is 18.2 Å². The van der Waals surface area contributed by atoms with Crippen LogP contribution in [0.25, 0.3) is 6.08 Å². The Balaban J connectivity index is 3.07. The molecule has 0 amide bonds. The molecule has 10 heteroatoms. The second-order valence-corrected chi connectivity index (χ2v) is 7.17. The molecule has 2 N–H and O–H groups in total. The molecule has 0 saturated heterocycles. The van der Waals surface area contributed by atoms with E-state index in [1.54, 1.807) is 4.72 Å². The van der Waals surface area contributed by atoms with E-state index in [2.05, 4.69) is 0 Å². The first kappa shape index (κ1) is 19.2. The van der Waals surface area contributed by atoms with Gasteiger partial charge in [-0.05, 0) is 23.8 Å². The first-order chi connectivity index (χ1) is 9.84. The summed E-state index contributed by atoms with van der Waals surface area (Å²) in [5.41, 5.74) is -3.10. The summed E-state index contributed by atoms with van der Waals surface area (Å²) in [4.78, 5) is 0. The molecule has 0 fully saturated rings. The lowest BCUT2D eigenvalue weighted by Gasteiger charge is -2.27. The van der Waals surface area contributed by atoms with E-state index in [4.69, 9.17) is 23.2 Å². The minimum Gasteiger partial charge on any atom is -0.376 e. The number of aliphatic hydroxyl groups is 1. The Kier molecular flexibility index (Phi) is 5.91. The number of sulfonamides is 1. The van der Waals surface area contributed by atoms with Crippen molar-refractivity contribution in [2.45, 2.75) is 11.8 Å². The van der Waals surface area contributed by atoms with Crippen LogP contribution in [-0.2, 0) is 10.0 Å². The van der Waals surface area contributed by atoms with Crippen molar-refractivity contribution in [1.82, 2.24) is 4.72 Å². The van der Waals surface area contributed by atoms with Crippen molar-refractivity contribution < 1.29 is 26.7 Å². The smallest absolute Gasteiger partial charge is 0.376 e. The van der Waals surface area contributed by atoms with Crippen LogP contribution in [0.1, 0.15) is 5.56 Å². The third-order valence-electron chi connectivity index (χ3n) is 2.59. The number of hydrogen-bond acceptors (Lipinski definition) is 3. The number of alkyl halides is 3. The number of benzene rings is 1. The van der Waals surface area contributed by atoms with Gasteiger partial charge in [0.15, 0.2) is 5.60 Å². The molecule has 0 aromatic heterocycles. The van der Waals surface area contributed by atoms with Crippen molar-refractivity contribution in [3.63, 3.8) is 0 Å². The van der Waals surface area contributed by atoms with Crippen LogP contribution in [0.15, 0.2) is 24.3 Å². The Morgan fingerprint density at radius 2 is 1.86 bits per heavy atom. The maximum atomic E-state index is 12.9. The minimum absolute atomic E-state index is 0.133. The van der Waals surface area contributed by atoms with Crippen LogP contribution in [0, 0.1) is 0 Å². The molecule has 0 aliphatic carbocycles. The molecular formula is C12H12Cl2F3NO3S. The van der Waals surface area contributed by atoms with E-state index in [-0.39, 0.29) is 15.6 Å². The number of rotatable bonds is 5. The van der Waals surface area contributed by atoms with E-state index >= 15 is 0 Å². The van der Waals surface area contributed by atoms with Gasteiger partial charge in [0.05, 0.1) is 22.8 Å². The highest BCUT2D eigenvalue weighted by Gasteiger charge is 2.52. The van der Waals surface area contributed by atoms with Gasteiger partial charge >= 0.3 is 6.18 Å². The second kappa shape index (κ2) is 6.76. The molecule has 0 heterocycles. The zero-order valence-electron chi connectivity index (χ0n) is 11.2. The molecular weight excluding hydrogens is 366 g/mol. The molecule has 124 valence electrons. The van der Waals surface area contributed by atoms with E-state index in [9.17, 15) is 26.7 Å². The number of nitrogens with one attached hydrogen (secondary N) is 1. The molecule has 0 saturated carbocycles. The molecule has 22 heavy (non-hydrogen) atoms. The van der Waals surface area contributed by atoms with Crippen LogP contribution in [0.4, 0.5) is 13.2 Å². The summed E-state index contributed by atoms with van der Waals surface area (Å²) in [6.07, 6.45) is -2.96. The predicted octanol–water partition coefficient (Wildman–Crippen LogP) is 2.85. The summed E-state index contributed by atoms with van der Waals surface area (Å²) in [7, 11) is -3.90. The van der Waals surface area contributed by atoms with Crippen molar-refractivity contribution in [3.8, 4) is 0 Å². The lowest BCUT2D eigenvalue weighted by molar-refractivity contribution is -0.236. The van der Waals surface area contributed by atoms with Gasteiger partial charge in [-0.2, -0.15) is 13.2 Å². The second-order valence-electron chi connectivity index (χ2n) is 4.52. The molecule has 0 aliphatic rings. The minimum atomic E-state index is -5.07. The Labute approximate surface area is 135 Å². The van der Waals surface area contributed by atoms with Crippen LogP contribution < -0.4 is 4.72 Å². The third-order valence-corrected chi connectivity index (χ3v) is 4.00. The lowest BCUT2D eigenvalue weighted by atomic mass is 10.0. The van der Waals surface area contributed by atoms with Gasteiger partial charge in [-0.3, -0.25) is 0 Å². The molecule has 0 aliphatic heterocycles. The molecule has 0 spiro atoms.